The average molecular weight is 237 g/mol. The lowest BCUT2D eigenvalue weighted by molar-refractivity contribution is 0.363. The van der Waals surface area contributed by atoms with Gasteiger partial charge in [-0.1, -0.05) is 39.0 Å². The van der Waals surface area contributed by atoms with Crippen LogP contribution < -0.4 is 5.73 Å². The number of hydrogen-bond donors (Lipinski definition) is 1. The predicted molar refractivity (Wildman–Crippen MR) is 73.9 cm³/mol. The normalized spacial score (nSPS) is 15.9. The fourth-order valence-corrected chi connectivity index (χ4v) is 3.15. The third-order valence-electron chi connectivity index (χ3n) is 2.68. The maximum Gasteiger partial charge on any atom is 0.0292 e. The van der Waals surface area contributed by atoms with E-state index in [-0.39, 0.29) is 11.5 Å². The van der Waals surface area contributed by atoms with Crippen LogP contribution in [0.25, 0.3) is 0 Å². The van der Waals surface area contributed by atoms with Gasteiger partial charge >= 0.3 is 0 Å². The largest absolute Gasteiger partial charge is 0.327 e. The van der Waals surface area contributed by atoms with Gasteiger partial charge in [0.2, 0.25) is 0 Å². The van der Waals surface area contributed by atoms with E-state index in [0.717, 1.165) is 0 Å². The minimum Gasteiger partial charge on any atom is -0.327 e. The molecule has 2 unspecified atom stereocenters. The van der Waals surface area contributed by atoms with E-state index in [0.29, 0.717) is 5.25 Å². The van der Waals surface area contributed by atoms with Crippen LogP contribution in [0.5, 0.6) is 0 Å². The Morgan fingerprint density at radius 1 is 1.19 bits per heavy atom. The standard InChI is InChI=1S/C14H23NS/c1-10-8-6-7-9-12(10)16-13(11(2)15)14(3,4)5/h6-9,11,13H,15H2,1-5H3. The second kappa shape index (κ2) is 5.24. The molecule has 90 valence electrons. The minimum absolute atomic E-state index is 0.199. The summed E-state index contributed by atoms with van der Waals surface area (Å²) in [6.45, 7) is 11.0. The third kappa shape index (κ3) is 3.53. The Labute approximate surface area is 104 Å². The van der Waals surface area contributed by atoms with Crippen LogP contribution in [0.2, 0.25) is 0 Å². The number of nitrogens with two attached hydrogens (primary N) is 1. The summed E-state index contributed by atoms with van der Waals surface area (Å²) in [5, 5.41) is 0.439. The van der Waals surface area contributed by atoms with E-state index in [9.17, 15) is 0 Å². The van der Waals surface area contributed by atoms with Crippen LogP contribution in [0.15, 0.2) is 29.2 Å². The van der Waals surface area contributed by atoms with Crippen LogP contribution in [0.1, 0.15) is 33.3 Å². The van der Waals surface area contributed by atoms with Crippen molar-refractivity contribution in [3.63, 3.8) is 0 Å². The Morgan fingerprint density at radius 2 is 1.75 bits per heavy atom. The molecular weight excluding hydrogens is 214 g/mol. The number of rotatable bonds is 3. The number of thioether (sulfide) groups is 1. The summed E-state index contributed by atoms with van der Waals surface area (Å²) >= 11 is 1.91. The van der Waals surface area contributed by atoms with Gasteiger partial charge in [0, 0.05) is 16.2 Å². The molecule has 1 nitrogen and oxygen atoms in total. The van der Waals surface area contributed by atoms with Crippen LogP contribution in [0, 0.1) is 12.3 Å². The van der Waals surface area contributed by atoms with E-state index >= 15 is 0 Å². The first-order valence-corrected chi connectivity index (χ1v) is 6.68. The molecule has 1 aromatic rings. The van der Waals surface area contributed by atoms with Crippen molar-refractivity contribution in [2.24, 2.45) is 11.1 Å². The van der Waals surface area contributed by atoms with Gasteiger partial charge in [-0.2, -0.15) is 0 Å². The molecule has 1 aromatic carbocycles. The van der Waals surface area contributed by atoms with Crippen LogP contribution in [-0.4, -0.2) is 11.3 Å². The molecule has 2 N–H and O–H groups in total. The number of hydrogen-bond acceptors (Lipinski definition) is 2. The topological polar surface area (TPSA) is 26.0 Å². The van der Waals surface area contributed by atoms with E-state index in [2.05, 4.69) is 58.9 Å². The van der Waals surface area contributed by atoms with E-state index in [4.69, 9.17) is 5.73 Å². The van der Waals surface area contributed by atoms with Gasteiger partial charge in [-0.25, -0.2) is 0 Å². The highest BCUT2D eigenvalue weighted by Crippen LogP contribution is 2.37. The molecule has 0 heterocycles. The minimum atomic E-state index is 0.199. The first-order chi connectivity index (χ1) is 7.32. The van der Waals surface area contributed by atoms with Crippen molar-refractivity contribution >= 4 is 11.8 Å². The van der Waals surface area contributed by atoms with Crippen LogP contribution in [0.4, 0.5) is 0 Å². The maximum atomic E-state index is 6.10. The summed E-state index contributed by atoms with van der Waals surface area (Å²) in [5.74, 6) is 0. The monoisotopic (exact) mass is 237 g/mol. The Bertz CT molecular complexity index is 339. The maximum absolute atomic E-state index is 6.10. The Hall–Kier alpha value is -0.470. The molecule has 0 aliphatic rings. The van der Waals surface area contributed by atoms with Gasteiger partial charge in [0.15, 0.2) is 0 Å². The molecule has 0 saturated heterocycles. The Kier molecular flexibility index (Phi) is 4.45. The van der Waals surface area contributed by atoms with Crippen molar-refractivity contribution in [3.05, 3.63) is 29.8 Å². The zero-order valence-corrected chi connectivity index (χ0v) is 11.8. The molecule has 2 heteroatoms. The molecule has 0 fully saturated rings. The highest BCUT2D eigenvalue weighted by molar-refractivity contribution is 8.00. The lowest BCUT2D eigenvalue weighted by Crippen LogP contribution is -2.38. The van der Waals surface area contributed by atoms with Gasteiger partial charge in [0.05, 0.1) is 0 Å². The fraction of sp³-hybridized carbons (Fsp3) is 0.571. The Balaban J connectivity index is 2.89. The lowest BCUT2D eigenvalue weighted by Gasteiger charge is -2.33. The SMILES string of the molecule is Cc1ccccc1SC(C(C)N)C(C)(C)C. The van der Waals surface area contributed by atoms with Crippen molar-refractivity contribution in [3.8, 4) is 0 Å². The number of aryl methyl sites for hydroxylation is 1. The summed E-state index contributed by atoms with van der Waals surface area (Å²) in [6, 6.07) is 8.71. The lowest BCUT2D eigenvalue weighted by atomic mass is 9.88. The van der Waals surface area contributed by atoms with Crippen molar-refractivity contribution in [2.45, 2.75) is 50.8 Å². The average Bonchev–Trinajstić information content (AvgIpc) is 2.14. The van der Waals surface area contributed by atoms with Gasteiger partial charge < -0.3 is 5.73 Å². The number of benzene rings is 1. The molecular formula is C14H23NS. The molecule has 1 rings (SSSR count). The molecule has 0 amide bonds. The summed E-state index contributed by atoms with van der Waals surface area (Å²) < 4.78 is 0. The smallest absolute Gasteiger partial charge is 0.0292 e. The summed E-state index contributed by atoms with van der Waals surface area (Å²) in [6.07, 6.45) is 0. The van der Waals surface area contributed by atoms with Crippen molar-refractivity contribution in [2.75, 3.05) is 0 Å². The quantitative estimate of drug-likeness (QED) is 0.808. The van der Waals surface area contributed by atoms with E-state index in [1.54, 1.807) is 0 Å². The molecule has 0 aliphatic heterocycles. The van der Waals surface area contributed by atoms with Crippen molar-refractivity contribution in [1.82, 2.24) is 0 Å². The molecule has 0 bridgehead atoms. The highest BCUT2D eigenvalue weighted by atomic mass is 32.2. The second-order valence-electron chi connectivity index (χ2n) is 5.53. The van der Waals surface area contributed by atoms with Gasteiger partial charge in [0.1, 0.15) is 0 Å². The summed E-state index contributed by atoms with van der Waals surface area (Å²) in [7, 11) is 0. The van der Waals surface area contributed by atoms with E-state index in [1.807, 2.05) is 11.8 Å². The molecule has 16 heavy (non-hydrogen) atoms. The molecule has 2 atom stereocenters. The van der Waals surface area contributed by atoms with Gasteiger partial charge in [-0.05, 0) is 30.9 Å². The molecule has 0 aliphatic carbocycles. The molecule has 0 saturated carbocycles. The van der Waals surface area contributed by atoms with Crippen molar-refractivity contribution in [1.29, 1.82) is 0 Å². The predicted octanol–water partition coefficient (Wildman–Crippen LogP) is 3.85. The fourth-order valence-electron chi connectivity index (χ4n) is 1.90. The van der Waals surface area contributed by atoms with Crippen molar-refractivity contribution < 1.29 is 0 Å². The first-order valence-electron chi connectivity index (χ1n) is 5.80. The van der Waals surface area contributed by atoms with Gasteiger partial charge in [-0.15, -0.1) is 11.8 Å². The first kappa shape index (κ1) is 13.6. The third-order valence-corrected chi connectivity index (χ3v) is 4.78. The van der Waals surface area contributed by atoms with E-state index in [1.165, 1.54) is 10.5 Å². The van der Waals surface area contributed by atoms with Crippen LogP contribution in [0.3, 0.4) is 0 Å². The van der Waals surface area contributed by atoms with Gasteiger partial charge in [-0.3, -0.25) is 0 Å². The summed E-state index contributed by atoms with van der Waals surface area (Å²) in [5.41, 5.74) is 7.66. The van der Waals surface area contributed by atoms with Crippen LogP contribution in [-0.2, 0) is 0 Å². The summed E-state index contributed by atoms with van der Waals surface area (Å²) in [4.78, 5) is 1.35. The van der Waals surface area contributed by atoms with E-state index < -0.39 is 0 Å². The Morgan fingerprint density at radius 3 is 2.19 bits per heavy atom. The molecule has 0 spiro atoms. The second-order valence-corrected chi connectivity index (χ2v) is 6.71. The molecule has 0 aromatic heterocycles. The van der Waals surface area contributed by atoms with Gasteiger partial charge in [0.25, 0.3) is 0 Å². The zero-order valence-electron chi connectivity index (χ0n) is 10.9. The highest BCUT2D eigenvalue weighted by Gasteiger charge is 2.29. The van der Waals surface area contributed by atoms with Crippen LogP contribution >= 0.6 is 11.8 Å². The molecule has 0 radical (unpaired) electrons. The zero-order chi connectivity index (χ0) is 12.3.